The van der Waals surface area contributed by atoms with Crippen molar-refractivity contribution in [3.8, 4) is 11.4 Å². The van der Waals surface area contributed by atoms with Gasteiger partial charge >= 0.3 is 0 Å². The minimum atomic E-state index is 0.376. The number of rotatable bonds is 5. The molecule has 0 atom stereocenters. The molecule has 4 nitrogen and oxygen atoms in total. The van der Waals surface area contributed by atoms with Crippen LogP contribution in [0.1, 0.15) is 38.8 Å². The van der Waals surface area contributed by atoms with E-state index in [-0.39, 0.29) is 0 Å². The van der Waals surface area contributed by atoms with Crippen molar-refractivity contribution < 1.29 is 0 Å². The van der Waals surface area contributed by atoms with E-state index in [0.717, 1.165) is 35.9 Å². The first-order valence-corrected chi connectivity index (χ1v) is 6.74. The van der Waals surface area contributed by atoms with Crippen molar-refractivity contribution in [2.45, 2.75) is 33.1 Å². The summed E-state index contributed by atoms with van der Waals surface area (Å²) in [7, 11) is 0. The van der Waals surface area contributed by atoms with E-state index in [9.17, 15) is 0 Å². The smallest absolute Gasteiger partial charge is 0.163 e. The van der Waals surface area contributed by atoms with Crippen LogP contribution in [0, 0.1) is 0 Å². The number of anilines is 1. The van der Waals surface area contributed by atoms with E-state index < -0.39 is 0 Å². The third-order valence-electron chi connectivity index (χ3n) is 2.81. The van der Waals surface area contributed by atoms with Gasteiger partial charge in [-0.1, -0.05) is 20.8 Å². The highest BCUT2D eigenvalue weighted by Gasteiger charge is 2.09. The monoisotopic (exact) mass is 256 g/mol. The lowest BCUT2D eigenvalue weighted by Gasteiger charge is -2.11. The second-order valence-corrected chi connectivity index (χ2v) is 4.82. The van der Waals surface area contributed by atoms with Gasteiger partial charge in [-0.2, -0.15) is 0 Å². The lowest BCUT2D eigenvalue weighted by molar-refractivity contribution is 0.815. The van der Waals surface area contributed by atoms with E-state index in [1.54, 1.807) is 12.4 Å². The zero-order valence-electron chi connectivity index (χ0n) is 11.7. The molecular weight excluding hydrogens is 236 g/mol. The Morgan fingerprint density at radius 3 is 2.74 bits per heavy atom. The number of nitrogens with one attached hydrogen (secondary N) is 1. The first-order valence-electron chi connectivity index (χ1n) is 6.74. The van der Waals surface area contributed by atoms with Gasteiger partial charge in [-0.05, 0) is 24.5 Å². The Hall–Kier alpha value is -1.97. The van der Waals surface area contributed by atoms with Crippen LogP contribution in [-0.2, 0) is 0 Å². The molecule has 2 aromatic rings. The van der Waals surface area contributed by atoms with Crippen LogP contribution in [0.4, 0.5) is 5.82 Å². The molecule has 0 unspecified atom stereocenters. The molecule has 100 valence electrons. The molecule has 2 aromatic heterocycles. The molecule has 0 radical (unpaired) electrons. The van der Waals surface area contributed by atoms with Crippen LogP contribution in [0.2, 0.25) is 0 Å². The van der Waals surface area contributed by atoms with Crippen LogP contribution in [0.5, 0.6) is 0 Å². The third kappa shape index (κ3) is 3.50. The maximum Gasteiger partial charge on any atom is 0.163 e. The van der Waals surface area contributed by atoms with E-state index in [4.69, 9.17) is 0 Å². The zero-order valence-corrected chi connectivity index (χ0v) is 11.7. The Bertz CT molecular complexity index is 523. The summed E-state index contributed by atoms with van der Waals surface area (Å²) < 4.78 is 0. The zero-order chi connectivity index (χ0) is 13.7. The topological polar surface area (TPSA) is 50.7 Å². The number of hydrogen-bond acceptors (Lipinski definition) is 4. The molecule has 0 saturated heterocycles. The molecule has 0 saturated carbocycles. The summed E-state index contributed by atoms with van der Waals surface area (Å²) in [5.41, 5.74) is 2.00. The fraction of sp³-hybridized carbons (Fsp3) is 0.400. The molecule has 4 heteroatoms. The summed E-state index contributed by atoms with van der Waals surface area (Å²) in [6, 6.07) is 5.91. The van der Waals surface area contributed by atoms with Gasteiger partial charge in [-0.3, -0.25) is 4.98 Å². The van der Waals surface area contributed by atoms with E-state index in [1.807, 2.05) is 18.2 Å². The van der Waals surface area contributed by atoms with Crippen LogP contribution in [0.15, 0.2) is 30.6 Å². The van der Waals surface area contributed by atoms with Gasteiger partial charge in [0.25, 0.3) is 0 Å². The Morgan fingerprint density at radius 1 is 1.26 bits per heavy atom. The molecule has 0 amide bonds. The average molecular weight is 256 g/mol. The lowest BCUT2D eigenvalue weighted by Crippen LogP contribution is -2.06. The van der Waals surface area contributed by atoms with Crippen molar-refractivity contribution in [3.05, 3.63) is 36.3 Å². The van der Waals surface area contributed by atoms with Gasteiger partial charge in [0.15, 0.2) is 5.82 Å². The Kier molecular flexibility index (Phi) is 4.44. The van der Waals surface area contributed by atoms with Crippen molar-refractivity contribution >= 4 is 5.82 Å². The van der Waals surface area contributed by atoms with E-state index in [0.29, 0.717) is 5.92 Å². The fourth-order valence-electron chi connectivity index (χ4n) is 1.73. The van der Waals surface area contributed by atoms with Crippen LogP contribution >= 0.6 is 0 Å². The standard InChI is InChI=1S/C15H20N4/c1-4-7-17-14-9-13(11(2)3)18-15(19-14)12-6-5-8-16-10-12/h5-6,8-11H,4,7H2,1-3H3,(H,17,18,19). The number of hydrogen-bond donors (Lipinski definition) is 1. The second-order valence-electron chi connectivity index (χ2n) is 4.82. The molecular formula is C15H20N4. The predicted octanol–water partition coefficient (Wildman–Crippen LogP) is 3.48. The van der Waals surface area contributed by atoms with Gasteiger partial charge in [0, 0.05) is 36.3 Å². The van der Waals surface area contributed by atoms with Crippen LogP contribution in [0.3, 0.4) is 0 Å². The first-order chi connectivity index (χ1) is 9.20. The van der Waals surface area contributed by atoms with E-state index in [2.05, 4.69) is 41.0 Å². The molecule has 0 aliphatic heterocycles. The largest absolute Gasteiger partial charge is 0.370 e. The molecule has 19 heavy (non-hydrogen) atoms. The number of nitrogens with zero attached hydrogens (tertiary/aromatic N) is 3. The summed E-state index contributed by atoms with van der Waals surface area (Å²) in [6.07, 6.45) is 4.62. The van der Waals surface area contributed by atoms with Crippen molar-refractivity contribution in [2.24, 2.45) is 0 Å². The van der Waals surface area contributed by atoms with Crippen molar-refractivity contribution in [3.63, 3.8) is 0 Å². The highest BCUT2D eigenvalue weighted by molar-refractivity contribution is 5.56. The van der Waals surface area contributed by atoms with Crippen LogP contribution in [0.25, 0.3) is 11.4 Å². The molecule has 0 spiro atoms. The fourth-order valence-corrected chi connectivity index (χ4v) is 1.73. The summed E-state index contributed by atoms with van der Waals surface area (Å²) in [5, 5.41) is 3.33. The van der Waals surface area contributed by atoms with E-state index >= 15 is 0 Å². The first kappa shape index (κ1) is 13.5. The minimum absolute atomic E-state index is 0.376. The van der Waals surface area contributed by atoms with E-state index in [1.165, 1.54) is 0 Å². The van der Waals surface area contributed by atoms with Crippen LogP contribution in [-0.4, -0.2) is 21.5 Å². The highest BCUT2D eigenvalue weighted by Crippen LogP contribution is 2.21. The highest BCUT2D eigenvalue weighted by atomic mass is 15.0. The average Bonchev–Trinajstić information content (AvgIpc) is 2.45. The molecule has 0 aromatic carbocycles. The lowest BCUT2D eigenvalue weighted by atomic mass is 10.1. The maximum absolute atomic E-state index is 4.62. The molecule has 2 heterocycles. The van der Waals surface area contributed by atoms with Gasteiger partial charge in [0.1, 0.15) is 5.82 Å². The van der Waals surface area contributed by atoms with Gasteiger partial charge in [0.05, 0.1) is 0 Å². The molecule has 0 aliphatic carbocycles. The minimum Gasteiger partial charge on any atom is -0.370 e. The quantitative estimate of drug-likeness (QED) is 0.889. The van der Waals surface area contributed by atoms with Crippen LogP contribution < -0.4 is 5.32 Å². The number of pyridine rings is 1. The third-order valence-corrected chi connectivity index (χ3v) is 2.81. The number of aromatic nitrogens is 3. The van der Waals surface area contributed by atoms with Crippen molar-refractivity contribution in [1.82, 2.24) is 15.0 Å². The Labute approximate surface area is 114 Å². The predicted molar refractivity (Wildman–Crippen MR) is 78.1 cm³/mol. The van der Waals surface area contributed by atoms with Gasteiger partial charge in [0.2, 0.25) is 0 Å². The normalized spacial score (nSPS) is 10.7. The molecule has 0 fully saturated rings. The van der Waals surface area contributed by atoms with Crippen molar-refractivity contribution in [2.75, 3.05) is 11.9 Å². The summed E-state index contributed by atoms with van der Waals surface area (Å²) in [5.74, 6) is 2.00. The summed E-state index contributed by atoms with van der Waals surface area (Å²) in [4.78, 5) is 13.3. The van der Waals surface area contributed by atoms with Crippen molar-refractivity contribution in [1.29, 1.82) is 0 Å². The van der Waals surface area contributed by atoms with Gasteiger partial charge in [-0.25, -0.2) is 9.97 Å². The Balaban J connectivity index is 2.39. The van der Waals surface area contributed by atoms with Gasteiger partial charge in [-0.15, -0.1) is 0 Å². The Morgan fingerprint density at radius 2 is 2.11 bits per heavy atom. The summed E-state index contributed by atoms with van der Waals surface area (Å²) in [6.45, 7) is 7.33. The summed E-state index contributed by atoms with van der Waals surface area (Å²) >= 11 is 0. The molecule has 1 N–H and O–H groups in total. The van der Waals surface area contributed by atoms with Gasteiger partial charge < -0.3 is 5.32 Å². The SMILES string of the molecule is CCCNc1cc(C(C)C)nc(-c2cccnc2)n1. The second kappa shape index (κ2) is 6.27. The maximum atomic E-state index is 4.62. The molecule has 2 rings (SSSR count). The molecule has 0 bridgehead atoms. The molecule has 0 aliphatic rings.